The number of carbonyl (C=O) groups excluding carboxylic acids is 1. The summed E-state index contributed by atoms with van der Waals surface area (Å²) in [5.41, 5.74) is 2.91. The number of rotatable bonds is 6. The second-order valence-electron chi connectivity index (χ2n) is 6.91. The third-order valence-corrected chi connectivity index (χ3v) is 5.01. The van der Waals surface area contributed by atoms with Gasteiger partial charge in [-0.1, -0.05) is 5.16 Å². The lowest BCUT2D eigenvalue weighted by molar-refractivity contribution is 0.0938. The molecule has 7 nitrogen and oxygen atoms in total. The zero-order chi connectivity index (χ0) is 17.2. The van der Waals surface area contributed by atoms with Gasteiger partial charge in [-0.15, -0.1) is 0 Å². The molecule has 2 fully saturated rings. The molecule has 0 aromatic carbocycles. The van der Waals surface area contributed by atoms with Crippen LogP contribution in [0.25, 0.3) is 11.1 Å². The maximum Gasteiger partial charge on any atom is 0.259 e. The Morgan fingerprint density at radius 1 is 1.40 bits per heavy atom. The van der Waals surface area contributed by atoms with Crippen LogP contribution in [0.1, 0.15) is 59.3 Å². The number of carbonyl (C=O) groups is 1. The van der Waals surface area contributed by atoms with Crippen molar-refractivity contribution >= 4 is 17.0 Å². The number of nitrogens with one attached hydrogen (secondary N) is 2. The summed E-state index contributed by atoms with van der Waals surface area (Å²) < 4.78 is 10.6. The van der Waals surface area contributed by atoms with Crippen molar-refractivity contribution in [2.24, 2.45) is 0 Å². The number of amides is 1. The van der Waals surface area contributed by atoms with Gasteiger partial charge in [-0.2, -0.15) is 0 Å². The quantitative estimate of drug-likeness (QED) is 0.779. The van der Waals surface area contributed by atoms with Crippen molar-refractivity contribution in [2.75, 3.05) is 33.4 Å². The van der Waals surface area contributed by atoms with E-state index in [1.807, 2.05) is 6.07 Å². The van der Waals surface area contributed by atoms with Gasteiger partial charge in [0.05, 0.1) is 23.3 Å². The Bertz CT molecular complexity index is 763. The molecule has 1 unspecified atom stereocenters. The number of methoxy groups -OCH3 is 1. The van der Waals surface area contributed by atoms with E-state index in [1.54, 1.807) is 7.11 Å². The minimum absolute atomic E-state index is 0.112. The lowest BCUT2D eigenvalue weighted by Gasteiger charge is -2.21. The van der Waals surface area contributed by atoms with E-state index in [2.05, 4.69) is 20.8 Å². The van der Waals surface area contributed by atoms with E-state index in [1.165, 1.54) is 0 Å². The first-order valence-corrected chi connectivity index (χ1v) is 9.06. The fourth-order valence-electron chi connectivity index (χ4n) is 3.49. The van der Waals surface area contributed by atoms with E-state index in [-0.39, 0.29) is 11.8 Å². The molecule has 1 aliphatic carbocycles. The van der Waals surface area contributed by atoms with Gasteiger partial charge in [0.25, 0.3) is 11.6 Å². The number of pyridine rings is 1. The molecule has 4 rings (SSSR count). The molecule has 1 aliphatic heterocycles. The summed E-state index contributed by atoms with van der Waals surface area (Å²) in [5, 5.41) is 11.4. The molecular formula is C18H24N4O3. The van der Waals surface area contributed by atoms with Gasteiger partial charge < -0.3 is 19.9 Å². The van der Waals surface area contributed by atoms with Gasteiger partial charge in [0.15, 0.2) is 0 Å². The SMILES string of the molecule is COCCNC(=O)c1cc(C2CC2)nc2onc(C3CCCNC3)c12. The highest BCUT2D eigenvalue weighted by atomic mass is 16.5. The van der Waals surface area contributed by atoms with Crippen LogP contribution >= 0.6 is 0 Å². The average Bonchev–Trinajstić information content (AvgIpc) is 3.41. The normalized spacial score (nSPS) is 20.8. The highest BCUT2D eigenvalue weighted by Gasteiger charge is 2.31. The maximum atomic E-state index is 12.8. The van der Waals surface area contributed by atoms with Crippen LogP contribution < -0.4 is 10.6 Å². The number of aromatic nitrogens is 2. The van der Waals surface area contributed by atoms with Crippen molar-refractivity contribution in [3.63, 3.8) is 0 Å². The molecule has 1 saturated heterocycles. The summed E-state index contributed by atoms with van der Waals surface area (Å²) in [6.07, 6.45) is 4.39. The van der Waals surface area contributed by atoms with Crippen LogP contribution in [0.2, 0.25) is 0 Å². The summed E-state index contributed by atoms with van der Waals surface area (Å²) in [7, 11) is 1.62. The molecular weight excluding hydrogens is 320 g/mol. The van der Waals surface area contributed by atoms with Crippen LogP contribution in [-0.2, 0) is 4.74 Å². The summed E-state index contributed by atoms with van der Waals surface area (Å²) in [5.74, 6) is 0.591. The fraction of sp³-hybridized carbons (Fsp3) is 0.611. The highest BCUT2D eigenvalue weighted by molar-refractivity contribution is 6.06. The molecule has 0 radical (unpaired) electrons. The lowest BCUT2D eigenvalue weighted by atomic mass is 9.92. The molecule has 1 amide bonds. The van der Waals surface area contributed by atoms with E-state index >= 15 is 0 Å². The molecule has 25 heavy (non-hydrogen) atoms. The Hall–Kier alpha value is -1.99. The van der Waals surface area contributed by atoms with Crippen molar-refractivity contribution < 1.29 is 14.1 Å². The molecule has 1 saturated carbocycles. The Kier molecular flexibility index (Phi) is 4.67. The van der Waals surface area contributed by atoms with Crippen LogP contribution in [0, 0.1) is 0 Å². The molecule has 134 valence electrons. The fourth-order valence-corrected chi connectivity index (χ4v) is 3.49. The number of nitrogens with zero attached hydrogens (tertiary/aromatic N) is 2. The molecule has 0 spiro atoms. The molecule has 2 aliphatic rings. The Morgan fingerprint density at radius 3 is 3.00 bits per heavy atom. The highest BCUT2D eigenvalue weighted by Crippen LogP contribution is 2.41. The van der Waals surface area contributed by atoms with Gasteiger partial charge in [-0.05, 0) is 38.3 Å². The molecule has 2 N–H and O–H groups in total. The monoisotopic (exact) mass is 344 g/mol. The molecule has 7 heteroatoms. The second kappa shape index (κ2) is 7.09. The standard InChI is InChI=1S/C18H24N4O3/c1-24-8-7-20-17(23)13-9-14(11-4-5-11)21-18-15(13)16(22-25-18)12-3-2-6-19-10-12/h9,11-12,19H,2-8,10H2,1H3,(H,20,23). The predicted molar refractivity (Wildman–Crippen MR) is 92.8 cm³/mol. The first-order chi connectivity index (χ1) is 12.3. The van der Waals surface area contributed by atoms with Crippen molar-refractivity contribution in [1.82, 2.24) is 20.8 Å². The topological polar surface area (TPSA) is 89.3 Å². The van der Waals surface area contributed by atoms with Gasteiger partial charge in [0, 0.05) is 37.7 Å². The first kappa shape index (κ1) is 16.5. The zero-order valence-electron chi connectivity index (χ0n) is 14.5. The van der Waals surface area contributed by atoms with Crippen LogP contribution in [0.15, 0.2) is 10.6 Å². The summed E-state index contributed by atoms with van der Waals surface area (Å²) in [6.45, 7) is 2.85. The van der Waals surface area contributed by atoms with E-state index < -0.39 is 0 Å². The van der Waals surface area contributed by atoms with Crippen LogP contribution in [-0.4, -0.2) is 49.4 Å². The van der Waals surface area contributed by atoms with Gasteiger partial charge in [0.1, 0.15) is 0 Å². The summed E-state index contributed by atoms with van der Waals surface area (Å²) in [4.78, 5) is 17.4. The summed E-state index contributed by atoms with van der Waals surface area (Å²) >= 11 is 0. The molecule has 0 bridgehead atoms. The second-order valence-corrected chi connectivity index (χ2v) is 6.91. The van der Waals surface area contributed by atoms with Gasteiger partial charge in [-0.25, -0.2) is 4.98 Å². The van der Waals surface area contributed by atoms with Gasteiger partial charge in [0.2, 0.25) is 0 Å². The number of hydrogen-bond donors (Lipinski definition) is 2. The molecule has 3 heterocycles. The first-order valence-electron chi connectivity index (χ1n) is 9.06. The summed E-state index contributed by atoms with van der Waals surface area (Å²) in [6, 6.07) is 1.93. The molecule has 2 aromatic rings. The smallest absolute Gasteiger partial charge is 0.259 e. The zero-order valence-corrected chi connectivity index (χ0v) is 14.5. The van der Waals surface area contributed by atoms with Gasteiger partial charge >= 0.3 is 0 Å². The minimum atomic E-state index is -0.112. The van der Waals surface area contributed by atoms with Crippen LogP contribution in [0.5, 0.6) is 0 Å². The van der Waals surface area contributed by atoms with Gasteiger partial charge in [-0.3, -0.25) is 4.79 Å². The largest absolute Gasteiger partial charge is 0.383 e. The van der Waals surface area contributed by atoms with E-state index in [0.29, 0.717) is 30.3 Å². The third-order valence-electron chi connectivity index (χ3n) is 5.01. The van der Waals surface area contributed by atoms with E-state index in [0.717, 1.165) is 55.5 Å². The minimum Gasteiger partial charge on any atom is -0.383 e. The van der Waals surface area contributed by atoms with E-state index in [9.17, 15) is 4.79 Å². The predicted octanol–water partition coefficient (Wildman–Crippen LogP) is 1.94. The van der Waals surface area contributed by atoms with Crippen molar-refractivity contribution in [3.8, 4) is 0 Å². The number of piperidine rings is 1. The van der Waals surface area contributed by atoms with Crippen LogP contribution in [0.3, 0.4) is 0 Å². The Labute approximate surface area is 146 Å². The third kappa shape index (κ3) is 3.39. The average molecular weight is 344 g/mol. The number of hydrogen-bond acceptors (Lipinski definition) is 6. The lowest BCUT2D eigenvalue weighted by Crippen LogP contribution is -2.29. The van der Waals surface area contributed by atoms with Crippen molar-refractivity contribution in [3.05, 3.63) is 23.0 Å². The van der Waals surface area contributed by atoms with Crippen LogP contribution in [0.4, 0.5) is 0 Å². The maximum absolute atomic E-state index is 12.8. The Balaban J connectivity index is 1.73. The number of fused-ring (bicyclic) bond motifs is 1. The molecule has 2 aromatic heterocycles. The molecule has 1 atom stereocenters. The van der Waals surface area contributed by atoms with Crippen molar-refractivity contribution in [1.29, 1.82) is 0 Å². The number of ether oxygens (including phenoxy) is 1. The van der Waals surface area contributed by atoms with Crippen molar-refractivity contribution in [2.45, 2.75) is 37.5 Å². The van der Waals surface area contributed by atoms with E-state index in [4.69, 9.17) is 9.26 Å². The Morgan fingerprint density at radius 2 is 2.28 bits per heavy atom.